The van der Waals surface area contributed by atoms with Gasteiger partial charge < -0.3 is 15.1 Å². The lowest BCUT2D eigenvalue weighted by Gasteiger charge is -2.24. The van der Waals surface area contributed by atoms with E-state index in [2.05, 4.69) is 34.5 Å². The van der Waals surface area contributed by atoms with E-state index >= 15 is 0 Å². The van der Waals surface area contributed by atoms with Gasteiger partial charge in [0.1, 0.15) is 0 Å². The van der Waals surface area contributed by atoms with Crippen molar-refractivity contribution >= 4 is 11.6 Å². The average Bonchev–Trinajstić information content (AvgIpc) is 2.76. The Balaban J connectivity index is 1.93. The second kappa shape index (κ2) is 7.46. The van der Waals surface area contributed by atoms with E-state index in [1.165, 1.54) is 24.1 Å². The minimum absolute atomic E-state index is 0.00134. The van der Waals surface area contributed by atoms with E-state index in [1.54, 1.807) is 0 Å². The third-order valence-corrected chi connectivity index (χ3v) is 4.11. The number of hydrogen-bond donors (Lipinski definition) is 1. The molecular weight excluding hydrogens is 262 g/mol. The van der Waals surface area contributed by atoms with Gasteiger partial charge in [-0.3, -0.25) is 4.79 Å². The van der Waals surface area contributed by atoms with Crippen molar-refractivity contribution in [2.45, 2.75) is 38.3 Å². The van der Waals surface area contributed by atoms with Gasteiger partial charge in [-0.1, -0.05) is 25.0 Å². The van der Waals surface area contributed by atoms with E-state index in [0.717, 1.165) is 19.4 Å². The fourth-order valence-electron chi connectivity index (χ4n) is 2.76. The minimum atomic E-state index is -0.00134. The molecule has 1 aromatic rings. The van der Waals surface area contributed by atoms with Crippen molar-refractivity contribution in [2.75, 3.05) is 32.6 Å². The molecule has 1 aliphatic heterocycles. The molecule has 0 radical (unpaired) electrons. The maximum atomic E-state index is 12.5. The summed E-state index contributed by atoms with van der Waals surface area (Å²) in [6, 6.07) is 8.38. The summed E-state index contributed by atoms with van der Waals surface area (Å²) in [6.07, 6.45) is 4.52. The van der Waals surface area contributed by atoms with Crippen LogP contribution in [0.25, 0.3) is 0 Å². The van der Waals surface area contributed by atoms with Crippen molar-refractivity contribution in [1.82, 2.24) is 10.2 Å². The molecule has 1 amide bonds. The predicted molar refractivity (Wildman–Crippen MR) is 87.5 cm³/mol. The van der Waals surface area contributed by atoms with Crippen molar-refractivity contribution < 1.29 is 4.79 Å². The summed E-state index contributed by atoms with van der Waals surface area (Å²) >= 11 is 0. The number of amides is 1. The van der Waals surface area contributed by atoms with Crippen molar-refractivity contribution in [3.05, 3.63) is 29.8 Å². The van der Waals surface area contributed by atoms with Crippen molar-refractivity contribution in [3.63, 3.8) is 0 Å². The van der Waals surface area contributed by atoms with Gasteiger partial charge in [0.05, 0.1) is 6.04 Å². The Labute approximate surface area is 128 Å². The highest BCUT2D eigenvalue weighted by molar-refractivity contribution is 5.81. The van der Waals surface area contributed by atoms with E-state index in [4.69, 9.17) is 0 Å². The average molecular weight is 289 g/mol. The fraction of sp³-hybridized carbons (Fsp3) is 0.588. The quantitative estimate of drug-likeness (QED) is 0.923. The number of benzene rings is 1. The number of likely N-dealkylation sites (N-methyl/N-ethyl adjacent to an activating group) is 1. The molecule has 1 heterocycles. The lowest BCUT2D eigenvalue weighted by molar-refractivity contribution is -0.132. The van der Waals surface area contributed by atoms with Gasteiger partial charge in [0.15, 0.2) is 0 Å². The number of anilines is 1. The lowest BCUT2D eigenvalue weighted by Crippen LogP contribution is -2.44. The monoisotopic (exact) mass is 289 g/mol. The Kier molecular flexibility index (Phi) is 5.62. The van der Waals surface area contributed by atoms with Crippen LogP contribution in [-0.2, 0) is 11.3 Å². The molecule has 0 saturated carbocycles. The summed E-state index contributed by atoms with van der Waals surface area (Å²) in [5.74, 6) is 0.216. The zero-order chi connectivity index (χ0) is 15.2. The normalized spacial score (nSPS) is 18.9. The molecule has 1 atom stereocenters. The Morgan fingerprint density at radius 1 is 1.14 bits per heavy atom. The van der Waals surface area contributed by atoms with E-state index in [0.29, 0.717) is 6.54 Å². The molecule has 4 nitrogen and oxygen atoms in total. The first-order valence-electron chi connectivity index (χ1n) is 7.82. The predicted octanol–water partition coefficient (Wildman–Crippen LogP) is 2.24. The zero-order valence-corrected chi connectivity index (χ0v) is 13.4. The van der Waals surface area contributed by atoms with Crippen LogP contribution in [-0.4, -0.2) is 44.5 Å². The third-order valence-electron chi connectivity index (χ3n) is 4.11. The molecule has 0 aliphatic carbocycles. The Hall–Kier alpha value is -1.55. The molecule has 1 unspecified atom stereocenters. The molecule has 1 saturated heterocycles. The largest absolute Gasteiger partial charge is 0.378 e. The van der Waals surface area contributed by atoms with Crippen LogP contribution in [0.4, 0.5) is 5.69 Å². The summed E-state index contributed by atoms with van der Waals surface area (Å²) in [4.78, 5) is 16.4. The van der Waals surface area contributed by atoms with Gasteiger partial charge in [0.25, 0.3) is 0 Å². The first-order chi connectivity index (χ1) is 10.1. The van der Waals surface area contributed by atoms with Gasteiger partial charge in [0.2, 0.25) is 5.91 Å². The summed E-state index contributed by atoms with van der Waals surface area (Å²) in [6.45, 7) is 1.63. The number of hydrogen-bond acceptors (Lipinski definition) is 3. The Bertz CT molecular complexity index is 448. The maximum absolute atomic E-state index is 12.5. The van der Waals surface area contributed by atoms with Crippen LogP contribution in [0.15, 0.2) is 24.3 Å². The highest BCUT2D eigenvalue weighted by Crippen LogP contribution is 2.15. The number of carbonyl (C=O) groups is 1. The van der Waals surface area contributed by atoms with Gasteiger partial charge in [-0.15, -0.1) is 0 Å². The molecule has 1 N–H and O–H groups in total. The molecule has 0 bridgehead atoms. The molecule has 2 rings (SSSR count). The first-order valence-corrected chi connectivity index (χ1v) is 7.82. The SMILES string of the molecule is CN(Cc1ccc(N(C)C)cc1)C(=O)C1CCCCCN1. The third kappa shape index (κ3) is 4.46. The van der Waals surface area contributed by atoms with Crippen LogP contribution in [0.5, 0.6) is 0 Å². The van der Waals surface area contributed by atoms with Crippen molar-refractivity contribution in [2.24, 2.45) is 0 Å². The van der Waals surface area contributed by atoms with E-state index < -0.39 is 0 Å². The molecule has 1 aromatic carbocycles. The molecular formula is C17H27N3O. The first kappa shape index (κ1) is 15.8. The maximum Gasteiger partial charge on any atom is 0.239 e. The molecule has 1 fully saturated rings. The van der Waals surface area contributed by atoms with Crippen LogP contribution in [0.2, 0.25) is 0 Å². The molecule has 0 aromatic heterocycles. The molecule has 21 heavy (non-hydrogen) atoms. The zero-order valence-electron chi connectivity index (χ0n) is 13.4. The molecule has 116 valence electrons. The van der Waals surface area contributed by atoms with Gasteiger partial charge in [0, 0.05) is 33.4 Å². The number of nitrogens with zero attached hydrogens (tertiary/aromatic N) is 2. The number of rotatable bonds is 4. The molecule has 4 heteroatoms. The Morgan fingerprint density at radius 3 is 2.52 bits per heavy atom. The standard InChI is InChI=1S/C17H27N3O/c1-19(2)15-10-8-14(9-11-15)13-20(3)17(21)16-7-5-4-6-12-18-16/h8-11,16,18H,4-7,12-13H2,1-3H3. The summed E-state index contributed by atoms with van der Waals surface area (Å²) < 4.78 is 0. The molecule has 1 aliphatic rings. The molecule has 0 spiro atoms. The summed E-state index contributed by atoms with van der Waals surface area (Å²) in [5, 5.41) is 3.37. The lowest BCUT2D eigenvalue weighted by atomic mass is 10.1. The second-order valence-electron chi connectivity index (χ2n) is 6.11. The highest BCUT2D eigenvalue weighted by atomic mass is 16.2. The summed E-state index contributed by atoms with van der Waals surface area (Å²) in [5.41, 5.74) is 2.35. The highest BCUT2D eigenvalue weighted by Gasteiger charge is 2.22. The van der Waals surface area contributed by atoms with Gasteiger partial charge in [-0.2, -0.15) is 0 Å². The smallest absolute Gasteiger partial charge is 0.239 e. The van der Waals surface area contributed by atoms with Crippen molar-refractivity contribution in [1.29, 1.82) is 0 Å². The van der Waals surface area contributed by atoms with Gasteiger partial charge in [-0.25, -0.2) is 0 Å². The number of carbonyl (C=O) groups excluding carboxylic acids is 1. The van der Waals surface area contributed by atoms with Crippen LogP contribution >= 0.6 is 0 Å². The van der Waals surface area contributed by atoms with E-state index in [9.17, 15) is 4.79 Å². The number of nitrogens with one attached hydrogen (secondary N) is 1. The fourth-order valence-corrected chi connectivity index (χ4v) is 2.76. The van der Waals surface area contributed by atoms with E-state index in [1.807, 2.05) is 26.0 Å². The van der Waals surface area contributed by atoms with Gasteiger partial charge >= 0.3 is 0 Å². The van der Waals surface area contributed by atoms with Gasteiger partial charge in [-0.05, 0) is 37.1 Å². The van der Waals surface area contributed by atoms with Crippen LogP contribution in [0, 0.1) is 0 Å². The topological polar surface area (TPSA) is 35.6 Å². The summed E-state index contributed by atoms with van der Waals surface area (Å²) in [7, 11) is 5.96. The van der Waals surface area contributed by atoms with Crippen LogP contribution < -0.4 is 10.2 Å². The van der Waals surface area contributed by atoms with Crippen LogP contribution in [0.1, 0.15) is 31.2 Å². The Morgan fingerprint density at radius 2 is 1.86 bits per heavy atom. The van der Waals surface area contributed by atoms with Crippen LogP contribution in [0.3, 0.4) is 0 Å². The second-order valence-corrected chi connectivity index (χ2v) is 6.11. The minimum Gasteiger partial charge on any atom is -0.378 e. The van der Waals surface area contributed by atoms with E-state index in [-0.39, 0.29) is 11.9 Å². The van der Waals surface area contributed by atoms with Crippen molar-refractivity contribution in [3.8, 4) is 0 Å².